The zero-order chi connectivity index (χ0) is 74.4. The minimum absolute atomic E-state index is 0.0242. The number of hydrogen-bond acceptors (Lipinski definition) is 14. The quantitative estimate of drug-likeness (QED) is 0.134. The van der Waals surface area contributed by atoms with Crippen molar-refractivity contribution in [2.45, 2.75) is 207 Å². The third-order valence-corrected chi connectivity index (χ3v) is 18.9. The third kappa shape index (κ3) is 23.6. The number of hydrogen-bond donors (Lipinski definition) is 5. The van der Waals surface area contributed by atoms with Crippen molar-refractivity contribution in [3.05, 3.63) is 71.8 Å². The van der Waals surface area contributed by atoms with Gasteiger partial charge in [0.15, 0.2) is 6.04 Å². The van der Waals surface area contributed by atoms with Crippen molar-refractivity contribution >= 4 is 70.9 Å². The molecule has 2 aromatic rings. The van der Waals surface area contributed by atoms with Crippen LogP contribution in [0.25, 0.3) is 0 Å². The second-order valence-corrected chi connectivity index (χ2v) is 28.8. The summed E-state index contributed by atoms with van der Waals surface area (Å²) in [5.41, 5.74) is 1.32. The highest BCUT2D eigenvalue weighted by atomic mass is 16.5. The molecule has 2 aliphatic heterocycles. The first kappa shape index (κ1) is 83.4. The summed E-state index contributed by atoms with van der Waals surface area (Å²) < 4.78 is 5.79. The van der Waals surface area contributed by atoms with Crippen molar-refractivity contribution < 1.29 is 67.4 Å². The number of benzene rings is 2. The molecule has 0 aliphatic carbocycles. The van der Waals surface area contributed by atoms with E-state index in [1.54, 1.807) is 75.4 Å². The van der Waals surface area contributed by atoms with E-state index < -0.39 is 162 Å². The van der Waals surface area contributed by atoms with Crippen molar-refractivity contribution in [1.29, 1.82) is 0 Å². The SMILES string of the molecule is CC[C@H](C)[C@H]1C(=O)N[C@@H](C(C)C)C(=O)N(C)CC(=O)N(C)C(CC(C)C)C(=O)N[C@H](C(=O)N2CCCCC2)C(=O)N(C)[C@@H](C)C(=O)N[C@@H](COC[C@@H](C)O)C(=O)N(C)[C@H](CC(C)C)C(=O)N(C)[C@@H](Cc2ccccc2)C(=O)N[C@@H](CC(C)C)C(=O)N(C)C(Cc2ccccc2)C(=O)N1C. The average molecular weight is 1390 g/mol. The topological polar surface area (TPSA) is 308 Å². The van der Waals surface area contributed by atoms with Gasteiger partial charge in [-0.1, -0.05) is 136 Å². The van der Waals surface area contributed by atoms with Crippen LogP contribution in [0.5, 0.6) is 0 Å². The van der Waals surface area contributed by atoms with Gasteiger partial charge in [-0.25, -0.2) is 0 Å². The van der Waals surface area contributed by atoms with E-state index in [4.69, 9.17) is 4.74 Å². The lowest BCUT2D eigenvalue weighted by atomic mass is 9.93. The summed E-state index contributed by atoms with van der Waals surface area (Å²) in [5, 5.41) is 21.5. The zero-order valence-corrected chi connectivity index (χ0v) is 62.2. The summed E-state index contributed by atoms with van der Waals surface area (Å²) in [5.74, 6) is -10.9. The molecule has 5 N–H and O–H groups in total. The smallest absolute Gasteiger partial charge is 0.255 e. The van der Waals surface area contributed by atoms with Gasteiger partial charge in [0.2, 0.25) is 59.1 Å². The Morgan fingerprint density at radius 2 is 0.980 bits per heavy atom. The first-order valence-corrected chi connectivity index (χ1v) is 35.1. The normalized spacial score (nSPS) is 25.4. The lowest BCUT2D eigenvalue weighted by Crippen LogP contribution is -2.63. The number of likely N-dealkylation sites (tertiary alicyclic amines) is 1. The van der Waals surface area contributed by atoms with Crippen LogP contribution in [0.15, 0.2) is 60.7 Å². The van der Waals surface area contributed by atoms with Crippen LogP contribution in [-0.4, -0.2) is 264 Å². The molecule has 2 heterocycles. The predicted molar refractivity (Wildman–Crippen MR) is 376 cm³/mol. The van der Waals surface area contributed by atoms with Crippen molar-refractivity contribution in [1.82, 2.24) is 60.5 Å². The number of piperidine rings is 1. The minimum Gasteiger partial charge on any atom is -0.391 e. The molecule has 26 heteroatoms. The average Bonchev–Trinajstić information content (AvgIpc) is 0.818. The number of aliphatic hydroxyl groups is 1. The van der Waals surface area contributed by atoms with Crippen LogP contribution in [-0.2, 0) is 75.1 Å². The van der Waals surface area contributed by atoms with Gasteiger partial charge in [0.1, 0.15) is 54.4 Å². The fourth-order valence-electron chi connectivity index (χ4n) is 12.5. The molecule has 0 spiro atoms. The fraction of sp³-hybridized carbons (Fsp3) is 0.671. The number of ether oxygens (including phenoxy) is 1. The molecule has 2 aromatic carbocycles. The van der Waals surface area contributed by atoms with E-state index in [1.165, 1.54) is 82.8 Å². The predicted octanol–water partition coefficient (Wildman–Crippen LogP) is 3.12. The van der Waals surface area contributed by atoms with Gasteiger partial charge in [-0.15, -0.1) is 0 Å². The molecule has 99 heavy (non-hydrogen) atoms. The van der Waals surface area contributed by atoms with Crippen molar-refractivity contribution in [3.8, 4) is 0 Å². The standard InChI is InChI=1S/C73H116N12O14/c1-20-48(10)62-66(91)76-60(47(8)9)71(96)78(13)41-59(87)80(15)55(37-45(4)5)65(90)77-61(73(98)85-34-28-23-29-35-85)72(97)79(14)50(12)63(88)75-54(43-99-42-49(11)86)68(93)82(17)57(38-46(6)7)69(94)81(16)56(39-51-30-24-21-25-31-51)64(89)74-53(36-44(2)3)67(92)83(18)58(70(95)84(62)19)40-52-32-26-22-27-33-52/h21-22,24-27,30-33,44-50,53-58,60-62,86H,20,23,28-29,34-43H2,1-19H3,(H,74,89)(H,75,88)(H,76,91)(H,77,90)/t48-,49+,50-,53-,54-,55?,56-,57+,58?,60-,61-,62-/m0/s1. The van der Waals surface area contributed by atoms with Crippen LogP contribution in [0, 0.1) is 29.6 Å². The van der Waals surface area contributed by atoms with Gasteiger partial charge in [-0.2, -0.15) is 0 Å². The molecule has 12 amide bonds. The van der Waals surface area contributed by atoms with E-state index in [9.17, 15) is 33.9 Å². The summed E-state index contributed by atoms with van der Waals surface area (Å²) in [7, 11) is 9.74. The van der Waals surface area contributed by atoms with Crippen LogP contribution in [0.4, 0.5) is 0 Å². The molecule has 0 radical (unpaired) electrons. The van der Waals surface area contributed by atoms with Crippen LogP contribution in [0.3, 0.4) is 0 Å². The Labute approximate surface area is 587 Å². The van der Waals surface area contributed by atoms with Gasteiger partial charge in [-0.05, 0) is 93.1 Å². The maximum atomic E-state index is 15.5. The zero-order valence-electron chi connectivity index (χ0n) is 62.2. The number of carbonyl (C=O) groups is 12. The summed E-state index contributed by atoms with van der Waals surface area (Å²) in [6.45, 7) is 20.1. The monoisotopic (exact) mass is 1380 g/mol. The summed E-state index contributed by atoms with van der Waals surface area (Å²) in [6.07, 6.45) is 1.50. The first-order valence-electron chi connectivity index (χ1n) is 35.1. The molecule has 12 atom stereocenters. The number of nitrogens with zero attached hydrogens (tertiary/aromatic N) is 8. The molecule has 2 unspecified atom stereocenters. The second-order valence-electron chi connectivity index (χ2n) is 28.8. The lowest BCUT2D eigenvalue weighted by molar-refractivity contribution is -0.152. The molecule has 0 bridgehead atoms. The molecule has 4 rings (SSSR count). The molecule has 2 saturated heterocycles. The molecule has 0 saturated carbocycles. The highest BCUT2D eigenvalue weighted by molar-refractivity contribution is 6.09. The Morgan fingerprint density at radius 1 is 0.505 bits per heavy atom. The Bertz CT molecular complexity index is 3050. The Hall–Kier alpha value is -8.00. The van der Waals surface area contributed by atoms with Crippen LogP contribution < -0.4 is 21.3 Å². The molecular formula is C73H116N12O14. The lowest BCUT2D eigenvalue weighted by Gasteiger charge is -2.39. The highest BCUT2D eigenvalue weighted by Gasteiger charge is 2.45. The number of rotatable bonds is 18. The minimum atomic E-state index is -1.91. The van der Waals surface area contributed by atoms with Crippen molar-refractivity contribution in [3.63, 3.8) is 0 Å². The van der Waals surface area contributed by atoms with Gasteiger partial charge in [-0.3, -0.25) is 57.5 Å². The summed E-state index contributed by atoms with van der Waals surface area (Å²) in [4.78, 5) is 190. The van der Waals surface area contributed by atoms with E-state index in [-0.39, 0.29) is 69.6 Å². The summed E-state index contributed by atoms with van der Waals surface area (Å²) in [6, 6.07) is 3.99. The van der Waals surface area contributed by atoms with E-state index in [2.05, 4.69) is 21.3 Å². The van der Waals surface area contributed by atoms with Crippen LogP contribution >= 0.6 is 0 Å². The van der Waals surface area contributed by atoms with Gasteiger partial charge in [0, 0.05) is 75.3 Å². The fourth-order valence-corrected chi connectivity index (χ4v) is 12.5. The third-order valence-electron chi connectivity index (χ3n) is 18.9. The Balaban J connectivity index is 2.01. The number of carbonyl (C=O) groups excluding carboxylic acids is 12. The van der Waals surface area contributed by atoms with E-state index >= 15 is 28.8 Å². The van der Waals surface area contributed by atoms with E-state index in [0.717, 1.165) is 26.0 Å². The van der Waals surface area contributed by atoms with E-state index in [0.29, 0.717) is 30.4 Å². The van der Waals surface area contributed by atoms with E-state index in [1.807, 2.05) is 54.5 Å². The molecule has 552 valence electrons. The first-order chi connectivity index (χ1) is 46.4. The van der Waals surface area contributed by atoms with Gasteiger partial charge < -0.3 is 70.3 Å². The number of likely N-dealkylation sites (N-methyl/N-ethyl adjacent to an activating group) is 7. The Morgan fingerprint density at radius 3 is 1.49 bits per heavy atom. The van der Waals surface area contributed by atoms with Crippen LogP contribution in [0.1, 0.15) is 139 Å². The second kappa shape index (κ2) is 39.1. The largest absolute Gasteiger partial charge is 0.391 e. The molecular weight excluding hydrogens is 1270 g/mol. The number of nitrogens with one attached hydrogen (secondary N) is 4. The summed E-state index contributed by atoms with van der Waals surface area (Å²) >= 11 is 0. The number of aliphatic hydroxyl groups excluding tert-OH is 1. The maximum absolute atomic E-state index is 15.5. The van der Waals surface area contributed by atoms with Crippen molar-refractivity contribution in [2.75, 3.05) is 82.2 Å². The van der Waals surface area contributed by atoms with Gasteiger partial charge >= 0.3 is 0 Å². The van der Waals surface area contributed by atoms with Gasteiger partial charge in [0.25, 0.3) is 11.8 Å². The molecule has 2 fully saturated rings. The molecule has 2 aliphatic rings. The highest BCUT2D eigenvalue weighted by Crippen LogP contribution is 2.24. The molecule has 0 aromatic heterocycles. The Kier molecular flexibility index (Phi) is 33.0. The van der Waals surface area contributed by atoms with Crippen molar-refractivity contribution in [2.24, 2.45) is 29.6 Å². The van der Waals surface area contributed by atoms with Crippen LogP contribution in [0.2, 0.25) is 0 Å². The van der Waals surface area contributed by atoms with Gasteiger partial charge in [0.05, 0.1) is 25.9 Å². The molecule has 26 nitrogen and oxygen atoms in total. The number of amides is 12. The maximum Gasteiger partial charge on any atom is 0.255 e.